The number of nitrogens with one attached hydrogen (secondary N) is 2. The van der Waals surface area contributed by atoms with E-state index in [0.29, 0.717) is 25.9 Å². The molecule has 2 heterocycles. The van der Waals surface area contributed by atoms with Crippen molar-refractivity contribution in [3.05, 3.63) is 131 Å². The zero-order chi connectivity index (χ0) is 33.4. The minimum Gasteiger partial charge on any atom is -0.366 e. The molecule has 0 saturated carbocycles. The number of unbranched alkanes of at least 4 members (excludes halogenated alkanes) is 4. The van der Waals surface area contributed by atoms with Crippen LogP contribution in [-0.2, 0) is 12.8 Å². The second-order valence-electron chi connectivity index (χ2n) is 11.5. The topological polar surface area (TPSA) is 170 Å². The van der Waals surface area contributed by atoms with Crippen LogP contribution in [0.15, 0.2) is 97.6 Å². The fraction of sp³-hybridized carbons (Fsp3) is 0.297. The summed E-state index contributed by atoms with van der Waals surface area (Å²) in [5, 5.41) is 6.79. The molecule has 0 fully saturated rings. The first kappa shape index (κ1) is 34.8. The van der Waals surface area contributed by atoms with E-state index in [1.165, 1.54) is 36.9 Å². The highest BCUT2D eigenvalue weighted by Gasteiger charge is 2.25. The van der Waals surface area contributed by atoms with Crippen molar-refractivity contribution in [2.45, 2.75) is 57.0 Å². The summed E-state index contributed by atoms with van der Waals surface area (Å²) >= 11 is 0. The van der Waals surface area contributed by atoms with Gasteiger partial charge in [-0.05, 0) is 62.0 Å². The van der Waals surface area contributed by atoms with Crippen LogP contribution in [0.5, 0.6) is 0 Å². The first-order valence-electron chi connectivity index (χ1n) is 16.0. The van der Waals surface area contributed by atoms with Gasteiger partial charge in [-0.3, -0.25) is 29.1 Å². The maximum atomic E-state index is 13.5. The Hall–Kier alpha value is -5.06. The number of primary amides is 2. The molecule has 0 bridgehead atoms. The molecule has 47 heavy (non-hydrogen) atoms. The number of amides is 2. The molecule has 0 saturated heterocycles. The zero-order valence-electron chi connectivity index (χ0n) is 26.4. The molecule has 2 aromatic carbocycles. The highest BCUT2D eigenvalue weighted by molar-refractivity contribution is 6.10. The van der Waals surface area contributed by atoms with Crippen LogP contribution >= 0.6 is 0 Å². The van der Waals surface area contributed by atoms with Crippen molar-refractivity contribution in [3.63, 3.8) is 0 Å². The van der Waals surface area contributed by atoms with Gasteiger partial charge in [0.25, 0.3) is 0 Å². The van der Waals surface area contributed by atoms with Crippen LogP contribution in [0.1, 0.15) is 84.7 Å². The molecular formula is C37H42N6O4. The predicted octanol–water partition coefficient (Wildman–Crippen LogP) is 4.09. The Morgan fingerprint density at radius 3 is 1.30 bits per heavy atom. The Bertz CT molecular complexity index is 1510. The lowest BCUT2D eigenvalue weighted by Gasteiger charge is -2.19. The van der Waals surface area contributed by atoms with Crippen molar-refractivity contribution >= 4 is 23.4 Å². The van der Waals surface area contributed by atoms with Crippen LogP contribution in [0.3, 0.4) is 0 Å². The third-order valence-corrected chi connectivity index (χ3v) is 8.04. The van der Waals surface area contributed by atoms with E-state index in [1.807, 2.05) is 60.7 Å². The van der Waals surface area contributed by atoms with E-state index >= 15 is 0 Å². The average Bonchev–Trinajstić information content (AvgIpc) is 3.10. The smallest absolute Gasteiger partial charge is 0.249 e. The number of nitrogens with two attached hydrogens (primary N) is 2. The van der Waals surface area contributed by atoms with Gasteiger partial charge in [0.05, 0.1) is 34.3 Å². The van der Waals surface area contributed by atoms with E-state index in [4.69, 9.17) is 11.5 Å². The zero-order valence-corrected chi connectivity index (χ0v) is 26.4. The van der Waals surface area contributed by atoms with Gasteiger partial charge in [-0.2, -0.15) is 0 Å². The number of ketones is 2. The molecule has 0 aliphatic heterocycles. The van der Waals surface area contributed by atoms with Crippen LogP contribution in [-0.4, -0.2) is 58.5 Å². The number of nitrogens with zero attached hydrogens (tertiary/aromatic N) is 2. The molecule has 10 heteroatoms. The molecule has 2 aromatic heterocycles. The van der Waals surface area contributed by atoms with E-state index in [2.05, 4.69) is 20.6 Å². The Balaban J connectivity index is 1.26. The van der Waals surface area contributed by atoms with E-state index in [-0.39, 0.29) is 33.8 Å². The van der Waals surface area contributed by atoms with Crippen LogP contribution in [0.25, 0.3) is 0 Å². The lowest BCUT2D eigenvalue weighted by atomic mass is 9.95. The minimum atomic E-state index is -0.660. The summed E-state index contributed by atoms with van der Waals surface area (Å²) < 4.78 is 0. The van der Waals surface area contributed by atoms with Crippen LogP contribution in [0, 0.1) is 0 Å². The van der Waals surface area contributed by atoms with E-state index in [1.54, 1.807) is 0 Å². The van der Waals surface area contributed by atoms with E-state index in [9.17, 15) is 19.2 Å². The summed E-state index contributed by atoms with van der Waals surface area (Å²) in [5.41, 5.74) is 13.8. The molecule has 0 radical (unpaired) electrons. The molecule has 2 amide bonds. The molecule has 4 rings (SSSR count). The second kappa shape index (κ2) is 18.2. The van der Waals surface area contributed by atoms with E-state index < -0.39 is 23.9 Å². The van der Waals surface area contributed by atoms with Crippen molar-refractivity contribution in [1.29, 1.82) is 0 Å². The average molecular weight is 635 g/mol. The monoisotopic (exact) mass is 634 g/mol. The highest BCUT2D eigenvalue weighted by atomic mass is 16.2. The number of carbonyl (C=O) groups excluding carboxylic acids is 4. The summed E-state index contributed by atoms with van der Waals surface area (Å²) in [4.78, 5) is 59.0. The van der Waals surface area contributed by atoms with Crippen LogP contribution in [0.2, 0.25) is 0 Å². The molecule has 4 aromatic rings. The number of benzene rings is 2. The number of hydrogen-bond acceptors (Lipinski definition) is 8. The lowest BCUT2D eigenvalue weighted by Crippen LogP contribution is -2.40. The molecule has 0 aliphatic carbocycles. The first-order valence-corrected chi connectivity index (χ1v) is 16.0. The standard InChI is InChI=1S/C37H42N6O4/c38-36(46)28-16-20-40-24-30(28)34(44)32(22-26-12-6-4-7-13-26)42-18-10-2-1-3-11-19-43-33(23-27-14-8-5-9-15-27)35(45)31-25-41-21-17-29(31)37(39)47/h4-9,12-17,20-21,24-25,32-33,42-43H,1-3,10-11,18-19,22-23H2,(H2,38,46)(H2,39,47). The van der Waals surface area contributed by atoms with Crippen molar-refractivity contribution < 1.29 is 19.2 Å². The molecule has 10 nitrogen and oxygen atoms in total. The molecule has 2 unspecified atom stereocenters. The van der Waals surface area contributed by atoms with Gasteiger partial charge in [0.1, 0.15) is 0 Å². The SMILES string of the molecule is NC(=O)c1ccncc1C(=O)C(Cc1ccccc1)NCCCCCCCNC(Cc1ccccc1)C(=O)c1cnccc1C(N)=O. The Kier molecular flexibility index (Phi) is 13.5. The number of hydrogen-bond donors (Lipinski definition) is 4. The van der Waals surface area contributed by atoms with Crippen molar-refractivity contribution in [2.24, 2.45) is 11.5 Å². The minimum absolute atomic E-state index is 0.167. The van der Waals surface area contributed by atoms with Crippen molar-refractivity contribution in [1.82, 2.24) is 20.6 Å². The van der Waals surface area contributed by atoms with Gasteiger partial charge in [0.15, 0.2) is 11.6 Å². The number of rotatable bonds is 20. The third-order valence-electron chi connectivity index (χ3n) is 8.04. The van der Waals surface area contributed by atoms with Crippen LogP contribution < -0.4 is 22.1 Å². The van der Waals surface area contributed by atoms with Crippen LogP contribution in [0.4, 0.5) is 0 Å². The maximum Gasteiger partial charge on any atom is 0.249 e. The predicted molar refractivity (Wildman–Crippen MR) is 181 cm³/mol. The van der Waals surface area contributed by atoms with Gasteiger partial charge in [-0.25, -0.2) is 0 Å². The molecule has 0 aliphatic rings. The fourth-order valence-electron chi connectivity index (χ4n) is 5.53. The van der Waals surface area contributed by atoms with E-state index in [0.717, 1.165) is 43.2 Å². The maximum absolute atomic E-state index is 13.5. The molecule has 0 spiro atoms. The van der Waals surface area contributed by atoms with Gasteiger partial charge < -0.3 is 22.1 Å². The molecule has 2 atom stereocenters. The largest absolute Gasteiger partial charge is 0.366 e. The molecular weight excluding hydrogens is 592 g/mol. The molecule has 6 N–H and O–H groups in total. The first-order chi connectivity index (χ1) is 22.8. The summed E-state index contributed by atoms with van der Waals surface area (Å²) in [6.07, 6.45) is 11.3. The lowest BCUT2D eigenvalue weighted by molar-refractivity contribution is 0.0925. The van der Waals surface area contributed by atoms with Gasteiger partial charge in [0.2, 0.25) is 11.8 Å². The quantitative estimate of drug-likeness (QED) is 0.0832. The normalized spacial score (nSPS) is 12.3. The highest BCUT2D eigenvalue weighted by Crippen LogP contribution is 2.15. The van der Waals surface area contributed by atoms with Gasteiger partial charge in [-0.15, -0.1) is 0 Å². The summed E-state index contributed by atoms with van der Waals surface area (Å²) in [7, 11) is 0. The number of pyridine rings is 2. The number of carbonyl (C=O) groups is 4. The third kappa shape index (κ3) is 10.5. The Morgan fingerprint density at radius 2 is 0.915 bits per heavy atom. The van der Waals surface area contributed by atoms with Gasteiger partial charge in [-0.1, -0.05) is 79.9 Å². The van der Waals surface area contributed by atoms with Gasteiger partial charge >= 0.3 is 0 Å². The van der Waals surface area contributed by atoms with Crippen molar-refractivity contribution in [3.8, 4) is 0 Å². The Labute approximate surface area is 275 Å². The summed E-state index contributed by atoms with van der Waals surface area (Å²) in [6, 6.07) is 21.4. The fourth-order valence-corrected chi connectivity index (χ4v) is 5.53. The Morgan fingerprint density at radius 1 is 0.532 bits per heavy atom. The van der Waals surface area contributed by atoms with Gasteiger partial charge in [0, 0.05) is 24.8 Å². The number of aromatic nitrogens is 2. The van der Waals surface area contributed by atoms with Crippen molar-refractivity contribution in [2.75, 3.05) is 13.1 Å². The second-order valence-corrected chi connectivity index (χ2v) is 11.5. The molecule has 244 valence electrons. The summed E-state index contributed by atoms with van der Waals surface area (Å²) in [5.74, 6) is -1.75. The summed E-state index contributed by atoms with van der Waals surface area (Å²) in [6.45, 7) is 1.27. The number of Topliss-reactive ketones (excluding diaryl/α,β-unsaturated/α-hetero) is 2.